The van der Waals surface area contributed by atoms with Crippen LogP contribution in [0.25, 0.3) is 10.2 Å². The second kappa shape index (κ2) is 10.3. The number of ether oxygens (including phenoxy) is 2. The molecule has 0 fully saturated rings. The van der Waals surface area contributed by atoms with Crippen LogP contribution in [0.15, 0.2) is 48.5 Å². The van der Waals surface area contributed by atoms with Gasteiger partial charge in [-0.3, -0.25) is 9.69 Å². The van der Waals surface area contributed by atoms with Crippen molar-refractivity contribution in [3.05, 3.63) is 48.5 Å². The van der Waals surface area contributed by atoms with Crippen molar-refractivity contribution in [2.45, 2.75) is 0 Å². The van der Waals surface area contributed by atoms with Crippen molar-refractivity contribution in [2.75, 3.05) is 45.8 Å². The highest BCUT2D eigenvalue weighted by molar-refractivity contribution is 7.22. The number of halogens is 1. The SMILES string of the molecule is COc1ccc(OCC(=O)N(CCN(C)C)c2nc3ccccc3s2)cc1.Cl. The van der Waals surface area contributed by atoms with Crippen LogP contribution in [0, 0.1) is 0 Å². The second-order valence-electron chi connectivity index (χ2n) is 6.28. The third kappa shape index (κ3) is 5.58. The molecule has 0 radical (unpaired) electrons. The summed E-state index contributed by atoms with van der Waals surface area (Å²) in [6.45, 7) is 1.25. The minimum Gasteiger partial charge on any atom is -0.497 e. The first-order chi connectivity index (χ1) is 13.1. The van der Waals surface area contributed by atoms with Crippen molar-refractivity contribution in [3.63, 3.8) is 0 Å². The fraction of sp³-hybridized carbons (Fsp3) is 0.300. The van der Waals surface area contributed by atoms with E-state index in [0.29, 0.717) is 17.4 Å². The first-order valence-corrected chi connectivity index (χ1v) is 9.46. The molecule has 1 heterocycles. The van der Waals surface area contributed by atoms with E-state index in [4.69, 9.17) is 9.47 Å². The predicted octanol–water partition coefficient (Wildman–Crippen LogP) is 3.70. The molecule has 3 aromatic rings. The van der Waals surface area contributed by atoms with Gasteiger partial charge >= 0.3 is 0 Å². The van der Waals surface area contributed by atoms with Crippen LogP contribution in [-0.4, -0.2) is 56.7 Å². The number of methoxy groups -OCH3 is 1. The number of aromatic nitrogens is 1. The van der Waals surface area contributed by atoms with E-state index in [1.165, 1.54) is 11.3 Å². The molecule has 150 valence electrons. The molecule has 0 saturated heterocycles. The molecule has 1 amide bonds. The Balaban J connectivity index is 0.00000280. The predicted molar refractivity (Wildman–Crippen MR) is 116 cm³/mol. The first-order valence-electron chi connectivity index (χ1n) is 8.64. The van der Waals surface area contributed by atoms with Gasteiger partial charge in [0.25, 0.3) is 5.91 Å². The van der Waals surface area contributed by atoms with E-state index in [2.05, 4.69) is 4.98 Å². The van der Waals surface area contributed by atoms with Crippen LogP contribution in [0.3, 0.4) is 0 Å². The normalized spacial score (nSPS) is 10.6. The molecule has 0 spiro atoms. The van der Waals surface area contributed by atoms with Crippen LogP contribution in [0.4, 0.5) is 5.13 Å². The Morgan fingerprint density at radius 2 is 1.71 bits per heavy atom. The highest BCUT2D eigenvalue weighted by Crippen LogP contribution is 2.28. The summed E-state index contributed by atoms with van der Waals surface area (Å²) >= 11 is 1.52. The molecule has 0 atom stereocenters. The van der Waals surface area contributed by atoms with E-state index >= 15 is 0 Å². The minimum atomic E-state index is -0.119. The molecular weight excluding hydrogens is 398 g/mol. The van der Waals surface area contributed by atoms with E-state index in [1.54, 1.807) is 36.3 Å². The van der Waals surface area contributed by atoms with E-state index in [1.807, 2.05) is 43.3 Å². The van der Waals surface area contributed by atoms with Crippen molar-refractivity contribution < 1.29 is 14.3 Å². The van der Waals surface area contributed by atoms with Gasteiger partial charge in [0.15, 0.2) is 11.7 Å². The summed E-state index contributed by atoms with van der Waals surface area (Å²) in [7, 11) is 5.57. The maximum atomic E-state index is 12.9. The summed E-state index contributed by atoms with van der Waals surface area (Å²) < 4.78 is 11.9. The summed E-state index contributed by atoms with van der Waals surface area (Å²) in [5, 5.41) is 0.696. The smallest absolute Gasteiger partial charge is 0.266 e. The molecule has 0 aliphatic carbocycles. The Kier molecular flexibility index (Phi) is 8.04. The zero-order chi connectivity index (χ0) is 19.2. The lowest BCUT2D eigenvalue weighted by Gasteiger charge is -2.22. The zero-order valence-electron chi connectivity index (χ0n) is 16.1. The fourth-order valence-corrected chi connectivity index (χ4v) is 3.51. The van der Waals surface area contributed by atoms with Crippen LogP contribution >= 0.6 is 23.7 Å². The number of anilines is 1. The van der Waals surface area contributed by atoms with E-state index < -0.39 is 0 Å². The van der Waals surface area contributed by atoms with Gasteiger partial charge in [-0.15, -0.1) is 12.4 Å². The molecule has 8 heteroatoms. The number of amides is 1. The lowest BCUT2D eigenvalue weighted by Crippen LogP contribution is -2.39. The number of hydrogen-bond donors (Lipinski definition) is 0. The van der Waals surface area contributed by atoms with Gasteiger partial charge < -0.3 is 14.4 Å². The van der Waals surface area contributed by atoms with Gasteiger partial charge in [0, 0.05) is 13.1 Å². The number of benzene rings is 2. The van der Waals surface area contributed by atoms with Crippen LogP contribution < -0.4 is 14.4 Å². The third-order valence-electron chi connectivity index (χ3n) is 4.01. The maximum Gasteiger partial charge on any atom is 0.266 e. The molecule has 0 N–H and O–H groups in total. The molecule has 0 bridgehead atoms. The van der Waals surface area contributed by atoms with Crippen molar-refractivity contribution in [3.8, 4) is 11.5 Å². The Hall–Kier alpha value is -2.35. The zero-order valence-corrected chi connectivity index (χ0v) is 17.8. The Morgan fingerprint density at radius 3 is 2.36 bits per heavy atom. The summed E-state index contributed by atoms with van der Waals surface area (Å²) in [4.78, 5) is 21.2. The number of carbonyl (C=O) groups excluding carboxylic acids is 1. The number of likely N-dealkylation sites (N-methyl/N-ethyl adjacent to an activating group) is 1. The first kappa shape index (κ1) is 21.9. The summed E-state index contributed by atoms with van der Waals surface area (Å²) in [6, 6.07) is 15.1. The van der Waals surface area contributed by atoms with Gasteiger partial charge in [-0.2, -0.15) is 0 Å². The van der Waals surface area contributed by atoms with Gasteiger partial charge in [0.2, 0.25) is 0 Å². The Bertz CT molecular complexity index is 866. The average Bonchev–Trinajstić information content (AvgIpc) is 3.10. The number of fused-ring (bicyclic) bond motifs is 1. The highest BCUT2D eigenvalue weighted by atomic mass is 35.5. The quantitative estimate of drug-likeness (QED) is 0.555. The summed E-state index contributed by atoms with van der Waals surface area (Å²) in [6.07, 6.45) is 0. The van der Waals surface area contributed by atoms with Gasteiger partial charge in [-0.25, -0.2) is 4.98 Å². The van der Waals surface area contributed by atoms with E-state index in [0.717, 1.165) is 22.5 Å². The van der Waals surface area contributed by atoms with Crippen molar-refractivity contribution >= 4 is 45.0 Å². The van der Waals surface area contributed by atoms with Crippen molar-refractivity contribution in [1.29, 1.82) is 0 Å². The molecule has 1 aromatic heterocycles. The average molecular weight is 422 g/mol. The van der Waals surface area contributed by atoms with Crippen LogP contribution in [0.5, 0.6) is 11.5 Å². The third-order valence-corrected chi connectivity index (χ3v) is 5.07. The molecule has 2 aromatic carbocycles. The highest BCUT2D eigenvalue weighted by Gasteiger charge is 2.20. The lowest BCUT2D eigenvalue weighted by atomic mass is 10.3. The van der Waals surface area contributed by atoms with Gasteiger partial charge in [0.1, 0.15) is 11.5 Å². The number of thiazole rings is 1. The molecule has 0 aliphatic heterocycles. The van der Waals surface area contributed by atoms with Crippen LogP contribution in [0.2, 0.25) is 0 Å². The summed E-state index contributed by atoms with van der Waals surface area (Å²) in [5.74, 6) is 1.25. The second-order valence-corrected chi connectivity index (χ2v) is 7.29. The minimum absolute atomic E-state index is 0. The number of hydrogen-bond acceptors (Lipinski definition) is 6. The largest absolute Gasteiger partial charge is 0.497 e. The Morgan fingerprint density at radius 1 is 1.04 bits per heavy atom. The van der Waals surface area contributed by atoms with Crippen molar-refractivity contribution in [2.24, 2.45) is 0 Å². The van der Waals surface area contributed by atoms with Crippen LogP contribution in [0.1, 0.15) is 0 Å². The molecule has 0 aliphatic rings. The number of nitrogens with zero attached hydrogens (tertiary/aromatic N) is 3. The monoisotopic (exact) mass is 421 g/mol. The van der Waals surface area contributed by atoms with Crippen LogP contribution in [-0.2, 0) is 4.79 Å². The lowest BCUT2D eigenvalue weighted by molar-refractivity contribution is -0.120. The van der Waals surface area contributed by atoms with E-state index in [9.17, 15) is 4.79 Å². The van der Waals surface area contributed by atoms with Crippen molar-refractivity contribution in [1.82, 2.24) is 9.88 Å². The molecule has 3 rings (SSSR count). The molecule has 6 nitrogen and oxygen atoms in total. The summed E-state index contributed by atoms with van der Waals surface area (Å²) in [5.41, 5.74) is 0.899. The Labute approximate surface area is 175 Å². The number of rotatable bonds is 8. The molecular formula is C20H24ClN3O3S. The van der Waals surface area contributed by atoms with E-state index in [-0.39, 0.29) is 24.9 Å². The molecule has 0 unspecified atom stereocenters. The molecule has 28 heavy (non-hydrogen) atoms. The van der Waals surface area contributed by atoms with Gasteiger partial charge in [-0.05, 0) is 50.5 Å². The standard InChI is InChI=1S/C20H23N3O3S.ClH/c1-22(2)12-13-23(20-21-17-6-4-5-7-18(17)27-20)19(24)14-26-16-10-8-15(25-3)9-11-16;/h4-11H,12-14H2,1-3H3;1H. The van der Waals surface area contributed by atoms with Gasteiger partial charge in [0.05, 0.1) is 17.3 Å². The number of carbonyl (C=O) groups is 1. The number of para-hydroxylation sites is 1. The molecule has 0 saturated carbocycles. The van der Waals surface area contributed by atoms with Gasteiger partial charge in [-0.1, -0.05) is 23.5 Å². The maximum absolute atomic E-state index is 12.9. The fourth-order valence-electron chi connectivity index (χ4n) is 2.50. The topological polar surface area (TPSA) is 54.9 Å².